The van der Waals surface area contributed by atoms with Crippen LogP contribution in [0, 0.1) is 5.82 Å². The highest BCUT2D eigenvalue weighted by Crippen LogP contribution is 2.33. The Balaban J connectivity index is 1.78. The molecule has 6 N–H and O–H groups in total. The Bertz CT molecular complexity index is 1170. The normalized spacial score (nSPS) is 11.0. The number of nitrogens with one attached hydrogen (secondary N) is 4. The van der Waals surface area contributed by atoms with Gasteiger partial charge in [-0.2, -0.15) is 13.2 Å². The van der Waals surface area contributed by atoms with Gasteiger partial charge in [0.2, 0.25) is 6.41 Å². The Morgan fingerprint density at radius 3 is 2.28 bits per heavy atom. The lowest BCUT2D eigenvalue weighted by molar-refractivity contribution is -0.137. The van der Waals surface area contributed by atoms with Gasteiger partial charge in [0.25, 0.3) is 5.91 Å². The molecule has 3 rings (SSSR count). The van der Waals surface area contributed by atoms with E-state index in [1.165, 1.54) is 30.5 Å². The number of halogens is 4. The molecule has 3 aromatic rings. The lowest BCUT2D eigenvalue weighted by atomic mass is 10.0. The van der Waals surface area contributed by atoms with Gasteiger partial charge in [-0.3, -0.25) is 9.59 Å². The van der Waals surface area contributed by atoms with E-state index in [4.69, 9.17) is 5.73 Å². The maximum absolute atomic E-state index is 13.8. The predicted octanol–water partition coefficient (Wildman–Crippen LogP) is 4.15. The van der Waals surface area contributed by atoms with Gasteiger partial charge in [0, 0.05) is 17.4 Å². The Morgan fingerprint density at radius 2 is 1.69 bits per heavy atom. The Labute approximate surface area is 177 Å². The van der Waals surface area contributed by atoms with Crippen LogP contribution in [0.2, 0.25) is 0 Å². The average molecular weight is 449 g/mol. The van der Waals surface area contributed by atoms with Crippen LogP contribution in [0.3, 0.4) is 0 Å². The summed E-state index contributed by atoms with van der Waals surface area (Å²) in [6.07, 6.45) is -2.90. The number of anilines is 3. The van der Waals surface area contributed by atoms with Gasteiger partial charge in [-0.25, -0.2) is 9.18 Å². The maximum Gasteiger partial charge on any atom is 0.416 e. The number of carbonyl (C=O) groups excluding carboxylic acids is 3. The van der Waals surface area contributed by atoms with Crippen molar-refractivity contribution in [3.63, 3.8) is 0 Å². The number of urea groups is 1. The lowest BCUT2D eigenvalue weighted by Crippen LogP contribution is -2.20. The van der Waals surface area contributed by atoms with Crippen LogP contribution in [0.25, 0.3) is 11.1 Å². The number of aromatic amines is 1. The fourth-order valence-electron chi connectivity index (χ4n) is 2.90. The standard InChI is InChI=1S/C20H15F4N5O3/c21-13-6-3-11(20(22,23)24)7-14(13)29-19(32)28-12-4-1-10(2-5-12)16-15(27-9-30)8-26-17(16)18(25)31/h1-9,26H,(H2,25,31)(H,27,30)(H2,28,29,32). The SMILES string of the molecule is NC(=O)c1[nH]cc(NC=O)c1-c1ccc(NC(=O)Nc2cc(C(F)(F)F)ccc2F)cc1. The van der Waals surface area contributed by atoms with Crippen LogP contribution in [0.15, 0.2) is 48.7 Å². The summed E-state index contributed by atoms with van der Waals surface area (Å²) in [6, 6.07) is 6.55. The van der Waals surface area contributed by atoms with E-state index in [0.29, 0.717) is 41.4 Å². The van der Waals surface area contributed by atoms with Crippen molar-refractivity contribution in [1.82, 2.24) is 4.98 Å². The van der Waals surface area contributed by atoms with Gasteiger partial charge < -0.3 is 26.7 Å². The van der Waals surface area contributed by atoms with Crippen molar-refractivity contribution in [3.8, 4) is 11.1 Å². The van der Waals surface area contributed by atoms with Gasteiger partial charge in [0.1, 0.15) is 11.5 Å². The highest BCUT2D eigenvalue weighted by Gasteiger charge is 2.31. The minimum absolute atomic E-state index is 0.0489. The zero-order valence-corrected chi connectivity index (χ0v) is 16.0. The van der Waals surface area contributed by atoms with Gasteiger partial charge in [-0.1, -0.05) is 12.1 Å². The summed E-state index contributed by atoms with van der Waals surface area (Å²) in [5.74, 6) is -1.80. The van der Waals surface area contributed by atoms with Gasteiger partial charge in [-0.05, 0) is 35.9 Å². The molecule has 0 bridgehead atoms. The molecule has 0 unspecified atom stereocenters. The largest absolute Gasteiger partial charge is 0.416 e. The highest BCUT2D eigenvalue weighted by molar-refractivity contribution is 6.04. The van der Waals surface area contributed by atoms with Gasteiger partial charge in [0.15, 0.2) is 0 Å². The summed E-state index contributed by atoms with van der Waals surface area (Å²) in [5, 5.41) is 6.81. The second-order valence-corrected chi connectivity index (χ2v) is 6.43. The fourth-order valence-corrected chi connectivity index (χ4v) is 2.90. The molecule has 32 heavy (non-hydrogen) atoms. The summed E-state index contributed by atoms with van der Waals surface area (Å²) < 4.78 is 52.2. The van der Waals surface area contributed by atoms with E-state index < -0.39 is 35.2 Å². The van der Waals surface area contributed by atoms with Crippen molar-refractivity contribution in [2.75, 3.05) is 16.0 Å². The van der Waals surface area contributed by atoms with E-state index in [-0.39, 0.29) is 11.4 Å². The van der Waals surface area contributed by atoms with Crippen LogP contribution in [0.4, 0.5) is 39.4 Å². The number of hydrogen-bond acceptors (Lipinski definition) is 3. The first-order valence-electron chi connectivity index (χ1n) is 8.86. The van der Waals surface area contributed by atoms with Crippen molar-refractivity contribution in [2.24, 2.45) is 5.73 Å². The quantitative estimate of drug-likeness (QED) is 0.286. The number of H-pyrrole nitrogens is 1. The summed E-state index contributed by atoms with van der Waals surface area (Å²) >= 11 is 0. The number of rotatable bonds is 6. The lowest BCUT2D eigenvalue weighted by Gasteiger charge is -2.12. The molecule has 0 atom stereocenters. The van der Waals surface area contributed by atoms with E-state index in [1.54, 1.807) is 0 Å². The fraction of sp³-hybridized carbons (Fsp3) is 0.0500. The van der Waals surface area contributed by atoms with Crippen molar-refractivity contribution >= 4 is 35.4 Å². The van der Waals surface area contributed by atoms with Crippen LogP contribution in [0.5, 0.6) is 0 Å². The van der Waals surface area contributed by atoms with Crippen molar-refractivity contribution in [3.05, 3.63) is 65.7 Å². The summed E-state index contributed by atoms with van der Waals surface area (Å²) in [5.41, 5.74) is 4.94. The van der Waals surface area contributed by atoms with Crippen molar-refractivity contribution < 1.29 is 31.9 Å². The number of carbonyl (C=O) groups is 3. The molecular weight excluding hydrogens is 434 g/mol. The third kappa shape index (κ3) is 4.86. The van der Waals surface area contributed by atoms with Crippen LogP contribution >= 0.6 is 0 Å². The Morgan fingerprint density at radius 1 is 1.00 bits per heavy atom. The molecule has 0 fully saturated rings. The zero-order valence-electron chi connectivity index (χ0n) is 16.0. The Hall–Kier alpha value is -4.35. The topological polar surface area (TPSA) is 129 Å². The molecule has 0 aliphatic heterocycles. The third-order valence-electron chi connectivity index (χ3n) is 4.31. The van der Waals surface area contributed by atoms with Crippen molar-refractivity contribution in [1.29, 1.82) is 0 Å². The van der Waals surface area contributed by atoms with E-state index in [2.05, 4.69) is 15.6 Å². The molecule has 8 nitrogen and oxygen atoms in total. The molecule has 0 radical (unpaired) electrons. The zero-order chi connectivity index (χ0) is 23.5. The molecule has 0 saturated heterocycles. The molecule has 12 heteroatoms. The molecule has 166 valence electrons. The van der Waals surface area contributed by atoms with Gasteiger partial charge in [-0.15, -0.1) is 0 Å². The second-order valence-electron chi connectivity index (χ2n) is 6.43. The second kappa shape index (κ2) is 8.79. The van der Waals surface area contributed by atoms with E-state index in [0.717, 1.165) is 0 Å². The summed E-state index contributed by atoms with van der Waals surface area (Å²) in [6.45, 7) is 0. The first kappa shape index (κ1) is 22.3. The highest BCUT2D eigenvalue weighted by atomic mass is 19.4. The van der Waals surface area contributed by atoms with Crippen LogP contribution in [-0.2, 0) is 11.0 Å². The van der Waals surface area contributed by atoms with E-state index >= 15 is 0 Å². The number of amides is 4. The molecular formula is C20H15F4N5O3. The predicted molar refractivity (Wildman–Crippen MR) is 108 cm³/mol. The van der Waals surface area contributed by atoms with Gasteiger partial charge in [0.05, 0.1) is 16.9 Å². The maximum atomic E-state index is 13.8. The number of alkyl halides is 3. The Kier molecular flexibility index (Phi) is 6.14. The smallest absolute Gasteiger partial charge is 0.364 e. The first-order valence-corrected chi connectivity index (χ1v) is 8.86. The monoisotopic (exact) mass is 449 g/mol. The molecule has 0 spiro atoms. The van der Waals surface area contributed by atoms with Crippen LogP contribution < -0.4 is 21.7 Å². The number of nitrogens with two attached hydrogens (primary N) is 1. The van der Waals surface area contributed by atoms with E-state index in [1.807, 2.05) is 5.32 Å². The minimum atomic E-state index is -4.70. The molecule has 0 saturated carbocycles. The number of hydrogen-bond donors (Lipinski definition) is 5. The number of primary amides is 1. The molecule has 1 aromatic heterocycles. The van der Waals surface area contributed by atoms with Crippen molar-refractivity contribution in [2.45, 2.75) is 6.18 Å². The number of benzene rings is 2. The molecule has 0 aliphatic carbocycles. The third-order valence-corrected chi connectivity index (χ3v) is 4.31. The molecule has 1 heterocycles. The average Bonchev–Trinajstić information content (AvgIpc) is 3.13. The summed E-state index contributed by atoms with van der Waals surface area (Å²) in [4.78, 5) is 37.2. The van der Waals surface area contributed by atoms with Crippen LogP contribution in [-0.4, -0.2) is 23.3 Å². The molecule has 2 aromatic carbocycles. The van der Waals surface area contributed by atoms with Crippen LogP contribution in [0.1, 0.15) is 16.1 Å². The minimum Gasteiger partial charge on any atom is -0.364 e. The first-order chi connectivity index (χ1) is 15.1. The number of aromatic nitrogens is 1. The van der Waals surface area contributed by atoms with Gasteiger partial charge >= 0.3 is 12.2 Å². The summed E-state index contributed by atoms with van der Waals surface area (Å²) in [7, 11) is 0. The molecule has 4 amide bonds. The van der Waals surface area contributed by atoms with E-state index in [9.17, 15) is 31.9 Å². The molecule has 0 aliphatic rings.